The quantitative estimate of drug-likeness (QED) is 0.533. The first-order chi connectivity index (χ1) is 9.80. The van der Waals surface area contributed by atoms with E-state index in [-0.39, 0.29) is 0 Å². The minimum atomic E-state index is 1.09. The molecule has 3 aromatic rings. The fraction of sp³-hybridized carbons (Fsp3) is 0.300. The van der Waals surface area contributed by atoms with Crippen molar-refractivity contribution in [2.24, 2.45) is 0 Å². The van der Waals surface area contributed by atoms with Gasteiger partial charge in [0.15, 0.2) is 0 Å². The van der Waals surface area contributed by atoms with Crippen LogP contribution in [-0.4, -0.2) is 0 Å². The molecule has 0 saturated carbocycles. The van der Waals surface area contributed by atoms with E-state index in [1.165, 1.54) is 38.2 Å². The molecule has 0 radical (unpaired) electrons. The molecule has 3 rings (SSSR count). The zero-order chi connectivity index (χ0) is 14.1. The van der Waals surface area contributed by atoms with E-state index in [1.54, 1.807) is 0 Å². The Bertz CT molecular complexity index is 704. The molecule has 0 N–H and O–H groups in total. The lowest BCUT2D eigenvalue weighted by atomic mass is 9.90. The summed E-state index contributed by atoms with van der Waals surface area (Å²) in [6.45, 7) is 6.76. The van der Waals surface area contributed by atoms with Gasteiger partial charge in [0.05, 0.1) is 0 Å². The molecule has 0 spiro atoms. The topological polar surface area (TPSA) is 0 Å². The Hall–Kier alpha value is -1.82. The highest BCUT2D eigenvalue weighted by Crippen LogP contribution is 2.33. The van der Waals surface area contributed by atoms with E-state index in [2.05, 4.69) is 63.2 Å². The van der Waals surface area contributed by atoms with Gasteiger partial charge in [-0.3, -0.25) is 0 Å². The van der Waals surface area contributed by atoms with Crippen LogP contribution in [0, 0.1) is 0 Å². The van der Waals surface area contributed by atoms with Crippen molar-refractivity contribution in [2.45, 2.75) is 40.0 Å². The number of hydrogen-bond acceptors (Lipinski definition) is 0. The Morgan fingerprint density at radius 1 is 0.600 bits per heavy atom. The van der Waals surface area contributed by atoms with Gasteiger partial charge in [0.1, 0.15) is 0 Å². The van der Waals surface area contributed by atoms with Crippen molar-refractivity contribution in [1.82, 2.24) is 0 Å². The van der Waals surface area contributed by atoms with E-state index in [0.717, 1.165) is 19.3 Å². The van der Waals surface area contributed by atoms with Crippen LogP contribution >= 0.6 is 0 Å². The molecule has 3 aromatic carbocycles. The molecule has 0 fully saturated rings. The predicted octanol–water partition coefficient (Wildman–Crippen LogP) is 5.68. The smallest absolute Gasteiger partial charge is 0.0143 e. The zero-order valence-electron chi connectivity index (χ0n) is 12.7. The molecule has 0 nitrogen and oxygen atoms in total. The minimum absolute atomic E-state index is 1.09. The second-order valence-electron chi connectivity index (χ2n) is 5.44. The monoisotopic (exact) mass is 262 g/mol. The number of aryl methyl sites for hydroxylation is 3. The van der Waals surface area contributed by atoms with Crippen LogP contribution < -0.4 is 0 Å². The molecule has 0 aromatic heterocycles. The van der Waals surface area contributed by atoms with Crippen LogP contribution in [0.5, 0.6) is 0 Å². The number of benzene rings is 3. The lowest BCUT2D eigenvalue weighted by Gasteiger charge is -2.14. The summed E-state index contributed by atoms with van der Waals surface area (Å²) in [6, 6.07) is 15.9. The van der Waals surface area contributed by atoms with Gasteiger partial charge in [-0.05, 0) is 63.6 Å². The van der Waals surface area contributed by atoms with Gasteiger partial charge in [0.25, 0.3) is 0 Å². The van der Waals surface area contributed by atoms with Crippen molar-refractivity contribution >= 4 is 21.5 Å². The highest BCUT2D eigenvalue weighted by molar-refractivity contribution is 6.04. The van der Waals surface area contributed by atoms with Gasteiger partial charge in [-0.1, -0.05) is 57.2 Å². The Morgan fingerprint density at radius 3 is 1.50 bits per heavy atom. The van der Waals surface area contributed by atoms with Crippen LogP contribution in [-0.2, 0) is 19.3 Å². The van der Waals surface area contributed by atoms with Crippen LogP contribution in [0.4, 0.5) is 0 Å². The van der Waals surface area contributed by atoms with Gasteiger partial charge in [-0.25, -0.2) is 0 Å². The third-order valence-electron chi connectivity index (χ3n) is 4.45. The van der Waals surface area contributed by atoms with E-state index >= 15 is 0 Å². The molecule has 0 unspecified atom stereocenters. The van der Waals surface area contributed by atoms with Crippen LogP contribution in [0.1, 0.15) is 37.5 Å². The minimum Gasteiger partial charge on any atom is -0.0613 e. The number of rotatable bonds is 3. The summed E-state index contributed by atoms with van der Waals surface area (Å²) in [7, 11) is 0. The molecule has 0 aliphatic heterocycles. The standard InChI is InChI=1S/C20H22/c1-4-14-9-7-11-17-16(6-3)18-12-8-10-15(5-2)20(18)13-19(14)17/h7-13H,4-6H2,1-3H3. The SMILES string of the molecule is CCc1cccc2c(CC)c3cccc(CC)c3cc12. The molecule has 0 amide bonds. The fourth-order valence-corrected chi connectivity index (χ4v) is 3.38. The van der Waals surface area contributed by atoms with E-state index in [4.69, 9.17) is 0 Å². The summed E-state index contributed by atoms with van der Waals surface area (Å²) in [5, 5.41) is 5.76. The van der Waals surface area contributed by atoms with E-state index in [0.29, 0.717) is 0 Å². The van der Waals surface area contributed by atoms with Crippen molar-refractivity contribution in [3.63, 3.8) is 0 Å². The Balaban J connectivity index is 2.53. The van der Waals surface area contributed by atoms with E-state index < -0.39 is 0 Å². The summed E-state index contributed by atoms with van der Waals surface area (Å²) >= 11 is 0. The molecular weight excluding hydrogens is 240 g/mol. The van der Waals surface area contributed by atoms with Crippen LogP contribution in [0.15, 0.2) is 42.5 Å². The summed E-state index contributed by atoms with van der Waals surface area (Å²) in [5.41, 5.74) is 4.43. The van der Waals surface area contributed by atoms with Crippen molar-refractivity contribution in [3.05, 3.63) is 59.2 Å². The first-order valence-electron chi connectivity index (χ1n) is 7.75. The molecular formula is C20H22. The Kier molecular flexibility index (Phi) is 3.48. The van der Waals surface area contributed by atoms with E-state index in [9.17, 15) is 0 Å². The average molecular weight is 262 g/mol. The molecule has 0 bridgehead atoms. The largest absolute Gasteiger partial charge is 0.0613 e. The average Bonchev–Trinajstić information content (AvgIpc) is 2.51. The zero-order valence-corrected chi connectivity index (χ0v) is 12.7. The lowest BCUT2D eigenvalue weighted by molar-refractivity contribution is 1.14. The maximum Gasteiger partial charge on any atom is -0.0143 e. The van der Waals surface area contributed by atoms with Crippen molar-refractivity contribution in [3.8, 4) is 0 Å². The van der Waals surface area contributed by atoms with Crippen LogP contribution in [0.2, 0.25) is 0 Å². The summed E-state index contributed by atoms with van der Waals surface area (Å²) in [5.74, 6) is 0. The van der Waals surface area contributed by atoms with Gasteiger partial charge in [-0.2, -0.15) is 0 Å². The van der Waals surface area contributed by atoms with Gasteiger partial charge >= 0.3 is 0 Å². The molecule has 0 saturated heterocycles. The first-order valence-corrected chi connectivity index (χ1v) is 7.75. The van der Waals surface area contributed by atoms with Gasteiger partial charge in [-0.15, -0.1) is 0 Å². The van der Waals surface area contributed by atoms with Crippen molar-refractivity contribution in [2.75, 3.05) is 0 Å². The third-order valence-corrected chi connectivity index (χ3v) is 4.45. The van der Waals surface area contributed by atoms with Gasteiger partial charge in [0, 0.05) is 0 Å². The van der Waals surface area contributed by atoms with Crippen molar-refractivity contribution < 1.29 is 0 Å². The second-order valence-corrected chi connectivity index (χ2v) is 5.44. The normalized spacial score (nSPS) is 11.3. The van der Waals surface area contributed by atoms with Crippen LogP contribution in [0.25, 0.3) is 21.5 Å². The number of fused-ring (bicyclic) bond motifs is 2. The van der Waals surface area contributed by atoms with Gasteiger partial charge in [0.2, 0.25) is 0 Å². The first kappa shape index (κ1) is 13.2. The van der Waals surface area contributed by atoms with E-state index in [1.807, 2.05) is 0 Å². The fourth-order valence-electron chi connectivity index (χ4n) is 3.38. The molecule has 102 valence electrons. The van der Waals surface area contributed by atoms with Gasteiger partial charge < -0.3 is 0 Å². The Morgan fingerprint density at radius 2 is 1.10 bits per heavy atom. The third kappa shape index (κ3) is 1.91. The highest BCUT2D eigenvalue weighted by Gasteiger charge is 2.10. The predicted molar refractivity (Wildman–Crippen MR) is 89.6 cm³/mol. The van der Waals surface area contributed by atoms with Crippen LogP contribution in [0.3, 0.4) is 0 Å². The Labute approximate surface area is 121 Å². The number of hydrogen-bond donors (Lipinski definition) is 0. The summed E-state index contributed by atoms with van der Waals surface area (Å²) in [6.07, 6.45) is 3.29. The lowest BCUT2D eigenvalue weighted by Crippen LogP contribution is -1.93. The highest BCUT2D eigenvalue weighted by atomic mass is 14.1. The summed E-state index contributed by atoms with van der Waals surface area (Å²) < 4.78 is 0. The maximum absolute atomic E-state index is 2.42. The molecule has 0 aliphatic rings. The molecule has 0 atom stereocenters. The second kappa shape index (κ2) is 5.28. The summed E-state index contributed by atoms with van der Waals surface area (Å²) in [4.78, 5) is 0. The molecule has 0 heterocycles. The molecule has 0 heteroatoms. The van der Waals surface area contributed by atoms with Crippen molar-refractivity contribution in [1.29, 1.82) is 0 Å². The molecule has 0 aliphatic carbocycles. The molecule has 20 heavy (non-hydrogen) atoms. The maximum atomic E-state index is 2.42.